The van der Waals surface area contributed by atoms with Crippen LogP contribution in [0.25, 0.3) is 0 Å². The number of hydrazine groups is 1. The first-order valence-corrected chi connectivity index (χ1v) is 6.13. The molecule has 0 radical (unpaired) electrons. The van der Waals surface area contributed by atoms with E-state index in [4.69, 9.17) is 17.4 Å². The predicted octanol–water partition coefficient (Wildman–Crippen LogP) is 1.88. The van der Waals surface area contributed by atoms with E-state index >= 15 is 0 Å². The molecule has 2 rings (SSSR count). The Morgan fingerprint density at radius 3 is 3.00 bits per heavy atom. The van der Waals surface area contributed by atoms with Crippen LogP contribution in [0.4, 0.5) is 0 Å². The van der Waals surface area contributed by atoms with Crippen molar-refractivity contribution in [3.05, 3.63) is 39.6 Å². The Morgan fingerprint density at radius 2 is 2.50 bits per heavy atom. The molecule has 0 aromatic carbocycles. The molecule has 1 unspecified atom stereocenters. The fourth-order valence-electron chi connectivity index (χ4n) is 1.56. The molecule has 1 atom stereocenters. The van der Waals surface area contributed by atoms with Crippen molar-refractivity contribution in [3.63, 3.8) is 0 Å². The molecule has 2 aromatic heterocycles. The normalized spacial score (nSPS) is 12.9. The minimum Gasteiger partial charge on any atom is -0.338 e. The van der Waals surface area contributed by atoms with Gasteiger partial charge in [0.05, 0.1) is 11.1 Å². The Bertz CT molecular complexity index is 465. The zero-order chi connectivity index (χ0) is 11.5. The molecule has 0 saturated heterocycles. The summed E-state index contributed by atoms with van der Waals surface area (Å²) in [6.07, 6.45) is 4.41. The second-order valence-corrected chi connectivity index (χ2v) is 4.87. The topological polar surface area (TPSA) is 55.9 Å². The highest BCUT2D eigenvalue weighted by Crippen LogP contribution is 2.29. The quantitative estimate of drug-likeness (QED) is 0.649. The molecule has 2 heterocycles. The summed E-state index contributed by atoms with van der Waals surface area (Å²) in [6.45, 7) is 0. The van der Waals surface area contributed by atoms with Crippen LogP contribution in [0.3, 0.4) is 0 Å². The van der Waals surface area contributed by atoms with Crippen molar-refractivity contribution in [3.8, 4) is 0 Å². The summed E-state index contributed by atoms with van der Waals surface area (Å²) in [7, 11) is 1.96. The van der Waals surface area contributed by atoms with Crippen LogP contribution in [0.1, 0.15) is 16.7 Å². The van der Waals surface area contributed by atoms with Crippen molar-refractivity contribution in [2.45, 2.75) is 12.5 Å². The van der Waals surface area contributed by atoms with Gasteiger partial charge in [-0.2, -0.15) is 0 Å². The SMILES string of the molecule is Cn1ccnc1CC(NN)c1sccc1Cl. The fourth-order valence-corrected chi connectivity index (χ4v) is 2.81. The molecule has 2 aromatic rings. The number of hydrogen-bond donors (Lipinski definition) is 2. The first kappa shape index (κ1) is 11.6. The van der Waals surface area contributed by atoms with Crippen LogP contribution in [-0.2, 0) is 13.5 Å². The molecule has 86 valence electrons. The third kappa shape index (κ3) is 2.27. The van der Waals surface area contributed by atoms with Gasteiger partial charge in [0, 0.05) is 30.7 Å². The van der Waals surface area contributed by atoms with E-state index in [1.807, 2.05) is 29.3 Å². The zero-order valence-corrected chi connectivity index (χ0v) is 10.4. The van der Waals surface area contributed by atoms with Crippen LogP contribution in [0.2, 0.25) is 5.02 Å². The monoisotopic (exact) mass is 256 g/mol. The van der Waals surface area contributed by atoms with Crippen molar-refractivity contribution in [2.75, 3.05) is 0 Å². The van der Waals surface area contributed by atoms with Gasteiger partial charge in [-0.3, -0.25) is 11.3 Å². The second-order valence-electron chi connectivity index (χ2n) is 3.51. The van der Waals surface area contributed by atoms with Gasteiger partial charge in [-0.05, 0) is 11.4 Å². The Kier molecular flexibility index (Phi) is 3.60. The van der Waals surface area contributed by atoms with Crippen LogP contribution in [0.5, 0.6) is 0 Å². The molecule has 0 fully saturated rings. The molecule has 16 heavy (non-hydrogen) atoms. The number of imidazole rings is 1. The summed E-state index contributed by atoms with van der Waals surface area (Å²) in [6, 6.07) is 1.89. The summed E-state index contributed by atoms with van der Waals surface area (Å²) >= 11 is 7.68. The molecule has 4 nitrogen and oxygen atoms in total. The molecular formula is C10H13ClN4S. The molecule has 0 aliphatic heterocycles. The first-order valence-electron chi connectivity index (χ1n) is 4.87. The molecule has 0 bridgehead atoms. The number of aromatic nitrogens is 2. The van der Waals surface area contributed by atoms with Crippen molar-refractivity contribution < 1.29 is 0 Å². The molecule has 0 saturated carbocycles. The zero-order valence-electron chi connectivity index (χ0n) is 8.85. The molecular weight excluding hydrogens is 244 g/mol. The number of aryl methyl sites for hydroxylation is 1. The fraction of sp³-hybridized carbons (Fsp3) is 0.300. The average molecular weight is 257 g/mol. The van der Waals surface area contributed by atoms with Gasteiger partial charge in [-0.15, -0.1) is 11.3 Å². The van der Waals surface area contributed by atoms with E-state index < -0.39 is 0 Å². The van der Waals surface area contributed by atoms with Crippen LogP contribution >= 0.6 is 22.9 Å². The maximum Gasteiger partial charge on any atom is 0.110 e. The lowest BCUT2D eigenvalue weighted by molar-refractivity contribution is 0.538. The van der Waals surface area contributed by atoms with Gasteiger partial charge in [0.2, 0.25) is 0 Å². The highest BCUT2D eigenvalue weighted by atomic mass is 35.5. The molecule has 3 N–H and O–H groups in total. The summed E-state index contributed by atoms with van der Waals surface area (Å²) in [4.78, 5) is 5.32. The van der Waals surface area contributed by atoms with Gasteiger partial charge in [-0.25, -0.2) is 4.98 Å². The van der Waals surface area contributed by atoms with Crippen molar-refractivity contribution >= 4 is 22.9 Å². The van der Waals surface area contributed by atoms with Gasteiger partial charge < -0.3 is 4.57 Å². The predicted molar refractivity (Wildman–Crippen MR) is 66.3 cm³/mol. The average Bonchev–Trinajstić information content (AvgIpc) is 2.85. The maximum absolute atomic E-state index is 6.08. The van der Waals surface area contributed by atoms with Gasteiger partial charge in [0.15, 0.2) is 0 Å². The largest absolute Gasteiger partial charge is 0.338 e. The highest BCUT2D eigenvalue weighted by Gasteiger charge is 2.17. The lowest BCUT2D eigenvalue weighted by atomic mass is 10.1. The number of nitrogens with zero attached hydrogens (tertiary/aromatic N) is 2. The van der Waals surface area contributed by atoms with E-state index in [0.29, 0.717) is 0 Å². The van der Waals surface area contributed by atoms with E-state index in [1.165, 1.54) is 0 Å². The van der Waals surface area contributed by atoms with E-state index in [9.17, 15) is 0 Å². The third-order valence-corrected chi connectivity index (χ3v) is 3.94. The molecule has 6 heteroatoms. The lowest BCUT2D eigenvalue weighted by Crippen LogP contribution is -2.29. The number of nitrogens with two attached hydrogens (primary N) is 1. The highest BCUT2D eigenvalue weighted by molar-refractivity contribution is 7.10. The van der Waals surface area contributed by atoms with Crippen LogP contribution in [0.15, 0.2) is 23.8 Å². The van der Waals surface area contributed by atoms with Crippen LogP contribution in [-0.4, -0.2) is 9.55 Å². The van der Waals surface area contributed by atoms with E-state index in [2.05, 4.69) is 10.4 Å². The summed E-state index contributed by atoms with van der Waals surface area (Å²) in [5.74, 6) is 6.54. The van der Waals surface area contributed by atoms with Crippen molar-refractivity contribution in [1.29, 1.82) is 0 Å². The smallest absolute Gasteiger partial charge is 0.110 e. The van der Waals surface area contributed by atoms with E-state index in [0.717, 1.165) is 22.1 Å². The molecule has 0 aliphatic rings. The van der Waals surface area contributed by atoms with Gasteiger partial charge >= 0.3 is 0 Å². The van der Waals surface area contributed by atoms with Gasteiger partial charge in [0.25, 0.3) is 0 Å². The maximum atomic E-state index is 6.08. The Hall–Kier alpha value is -0.880. The first-order chi connectivity index (χ1) is 7.72. The van der Waals surface area contributed by atoms with Gasteiger partial charge in [-0.1, -0.05) is 11.6 Å². The lowest BCUT2D eigenvalue weighted by Gasteiger charge is -2.14. The molecule has 0 amide bonds. The second kappa shape index (κ2) is 4.97. The Morgan fingerprint density at radius 1 is 1.69 bits per heavy atom. The van der Waals surface area contributed by atoms with Crippen LogP contribution in [0, 0.1) is 0 Å². The van der Waals surface area contributed by atoms with Crippen molar-refractivity contribution in [2.24, 2.45) is 12.9 Å². The number of nitrogens with one attached hydrogen (secondary N) is 1. The number of rotatable bonds is 4. The summed E-state index contributed by atoms with van der Waals surface area (Å²) in [5, 5.41) is 2.71. The molecule has 0 aliphatic carbocycles. The Balaban J connectivity index is 2.19. The van der Waals surface area contributed by atoms with Gasteiger partial charge in [0.1, 0.15) is 5.82 Å². The number of halogens is 1. The minimum atomic E-state index is 0.00796. The van der Waals surface area contributed by atoms with Crippen molar-refractivity contribution in [1.82, 2.24) is 15.0 Å². The number of hydrogen-bond acceptors (Lipinski definition) is 4. The molecule has 0 spiro atoms. The Labute approximate surface area is 103 Å². The summed E-state index contributed by atoms with van der Waals surface area (Å²) in [5.41, 5.74) is 2.78. The minimum absolute atomic E-state index is 0.00796. The van der Waals surface area contributed by atoms with E-state index in [-0.39, 0.29) is 6.04 Å². The standard InChI is InChI=1S/C10H13ClN4S/c1-15-4-3-13-9(15)6-8(14-12)10-7(11)2-5-16-10/h2-5,8,14H,6,12H2,1H3. The number of thiophene rings is 1. The summed E-state index contributed by atoms with van der Waals surface area (Å²) < 4.78 is 1.98. The third-order valence-electron chi connectivity index (χ3n) is 2.47. The van der Waals surface area contributed by atoms with E-state index in [1.54, 1.807) is 17.5 Å². The van der Waals surface area contributed by atoms with Crippen LogP contribution < -0.4 is 11.3 Å².